The summed E-state index contributed by atoms with van der Waals surface area (Å²) in [5.74, 6) is 0. The number of aliphatic hydroxyl groups excluding tert-OH is 2. The van der Waals surface area contributed by atoms with E-state index in [0.717, 1.165) is 0 Å². The highest BCUT2D eigenvalue weighted by atomic mass is 16.6. The molecule has 1 aromatic rings. The molecule has 0 radical (unpaired) electrons. The summed E-state index contributed by atoms with van der Waals surface area (Å²) in [6.45, 7) is 1.22. The van der Waals surface area contributed by atoms with Gasteiger partial charge in [-0.1, -0.05) is 0 Å². The lowest BCUT2D eigenvalue weighted by atomic mass is 10.2. The Morgan fingerprint density at radius 3 is 2.45 bits per heavy atom. The minimum absolute atomic E-state index is 0.0585. The Labute approximate surface area is 117 Å². The van der Waals surface area contributed by atoms with Crippen molar-refractivity contribution in [2.24, 2.45) is 5.73 Å². The lowest BCUT2D eigenvalue weighted by molar-refractivity contribution is -0.383. The smallest absolute Gasteiger partial charge is 0.294 e. The van der Waals surface area contributed by atoms with Crippen LogP contribution in [0.2, 0.25) is 0 Å². The number of nitrogens with one attached hydrogen (secondary N) is 1. The van der Waals surface area contributed by atoms with Gasteiger partial charge in [0.05, 0.1) is 18.1 Å². The highest BCUT2D eigenvalue weighted by Gasteiger charge is 2.16. The predicted molar refractivity (Wildman–Crippen MR) is 77.0 cm³/mol. The van der Waals surface area contributed by atoms with Gasteiger partial charge < -0.3 is 26.2 Å². The van der Waals surface area contributed by atoms with E-state index < -0.39 is 4.92 Å². The maximum absolute atomic E-state index is 11.1. The maximum Gasteiger partial charge on any atom is 0.294 e. The van der Waals surface area contributed by atoms with Crippen molar-refractivity contribution in [1.82, 2.24) is 0 Å². The summed E-state index contributed by atoms with van der Waals surface area (Å²) < 4.78 is 0. The first-order valence-corrected chi connectivity index (χ1v) is 6.33. The Kier molecular flexibility index (Phi) is 6.71. The maximum atomic E-state index is 11.1. The molecule has 112 valence electrons. The molecule has 0 aliphatic heterocycles. The lowest BCUT2D eigenvalue weighted by Gasteiger charge is -2.23. The SMILES string of the molecule is NCCNc1ccc(N(CCO)CCO)cc1[N+](=O)[O-]. The summed E-state index contributed by atoms with van der Waals surface area (Å²) in [5.41, 5.74) is 6.29. The quantitative estimate of drug-likeness (QED) is 0.364. The molecule has 0 saturated heterocycles. The third kappa shape index (κ3) is 4.34. The Hall–Kier alpha value is -1.90. The molecule has 20 heavy (non-hydrogen) atoms. The fourth-order valence-electron chi connectivity index (χ4n) is 1.84. The van der Waals surface area contributed by atoms with Gasteiger partial charge in [-0.25, -0.2) is 0 Å². The summed E-state index contributed by atoms with van der Waals surface area (Å²) in [5, 5.41) is 32.0. The Bertz CT molecular complexity index is 435. The Morgan fingerprint density at radius 2 is 1.95 bits per heavy atom. The van der Waals surface area contributed by atoms with Gasteiger partial charge in [0.1, 0.15) is 5.69 Å². The molecule has 0 saturated carbocycles. The molecule has 0 fully saturated rings. The number of nitro groups is 1. The normalized spacial score (nSPS) is 10.3. The Balaban J connectivity index is 3.03. The molecule has 0 spiro atoms. The van der Waals surface area contributed by atoms with Gasteiger partial charge in [0.15, 0.2) is 0 Å². The average molecular weight is 284 g/mol. The predicted octanol–water partition coefficient (Wildman–Crippen LogP) is -0.244. The minimum Gasteiger partial charge on any atom is -0.395 e. The second-order valence-corrected chi connectivity index (χ2v) is 4.11. The van der Waals surface area contributed by atoms with Crippen LogP contribution in [0.5, 0.6) is 0 Å². The van der Waals surface area contributed by atoms with Gasteiger partial charge in [-0.05, 0) is 12.1 Å². The lowest BCUT2D eigenvalue weighted by Crippen LogP contribution is -2.29. The van der Waals surface area contributed by atoms with Gasteiger partial charge in [-0.2, -0.15) is 0 Å². The van der Waals surface area contributed by atoms with Crippen LogP contribution in [0, 0.1) is 10.1 Å². The summed E-state index contributed by atoms with van der Waals surface area (Å²) >= 11 is 0. The van der Waals surface area contributed by atoms with Crippen molar-refractivity contribution in [2.45, 2.75) is 0 Å². The number of nitrogens with two attached hydrogens (primary N) is 1. The van der Waals surface area contributed by atoms with Crippen molar-refractivity contribution in [3.63, 3.8) is 0 Å². The molecular weight excluding hydrogens is 264 g/mol. The molecule has 0 amide bonds. The zero-order chi connectivity index (χ0) is 15.0. The zero-order valence-electron chi connectivity index (χ0n) is 11.2. The molecule has 0 aliphatic rings. The average Bonchev–Trinajstić information content (AvgIpc) is 2.44. The number of nitro benzene ring substituents is 1. The van der Waals surface area contributed by atoms with Gasteiger partial charge in [0.25, 0.3) is 5.69 Å². The molecule has 0 atom stereocenters. The first-order chi connectivity index (χ1) is 9.63. The van der Waals surface area contributed by atoms with E-state index in [1.807, 2.05) is 0 Å². The van der Waals surface area contributed by atoms with Gasteiger partial charge in [-0.3, -0.25) is 10.1 Å². The van der Waals surface area contributed by atoms with E-state index in [1.54, 1.807) is 17.0 Å². The highest BCUT2D eigenvalue weighted by molar-refractivity contribution is 5.68. The van der Waals surface area contributed by atoms with E-state index >= 15 is 0 Å². The first kappa shape index (κ1) is 16.2. The number of aliphatic hydroxyl groups is 2. The number of rotatable bonds is 9. The second kappa shape index (κ2) is 8.31. The van der Waals surface area contributed by atoms with Crippen molar-refractivity contribution in [2.75, 3.05) is 49.6 Å². The van der Waals surface area contributed by atoms with Crippen LogP contribution < -0.4 is 16.0 Å². The van der Waals surface area contributed by atoms with Crippen LogP contribution in [0.3, 0.4) is 0 Å². The van der Waals surface area contributed by atoms with Crippen LogP contribution in [0.4, 0.5) is 17.1 Å². The van der Waals surface area contributed by atoms with Crippen LogP contribution in [0.1, 0.15) is 0 Å². The number of hydrogen-bond acceptors (Lipinski definition) is 7. The highest BCUT2D eigenvalue weighted by Crippen LogP contribution is 2.29. The second-order valence-electron chi connectivity index (χ2n) is 4.11. The van der Waals surface area contributed by atoms with Crippen LogP contribution in [0.25, 0.3) is 0 Å². The van der Waals surface area contributed by atoms with E-state index in [0.29, 0.717) is 37.6 Å². The fraction of sp³-hybridized carbons (Fsp3) is 0.500. The summed E-state index contributed by atoms with van der Waals surface area (Å²) in [6.07, 6.45) is 0. The number of benzene rings is 1. The van der Waals surface area contributed by atoms with E-state index in [9.17, 15) is 10.1 Å². The summed E-state index contributed by atoms with van der Waals surface area (Å²) in [4.78, 5) is 12.3. The number of nitrogens with zero attached hydrogens (tertiary/aromatic N) is 2. The molecular formula is C12H20N4O4. The molecule has 0 aliphatic carbocycles. The van der Waals surface area contributed by atoms with Crippen LogP contribution in [-0.4, -0.2) is 54.5 Å². The monoisotopic (exact) mass is 284 g/mol. The van der Waals surface area contributed by atoms with Gasteiger partial charge in [0.2, 0.25) is 0 Å². The molecule has 1 rings (SSSR count). The Morgan fingerprint density at radius 1 is 1.30 bits per heavy atom. The van der Waals surface area contributed by atoms with E-state index in [-0.39, 0.29) is 18.9 Å². The van der Waals surface area contributed by atoms with Crippen LogP contribution >= 0.6 is 0 Å². The van der Waals surface area contributed by atoms with Crippen LogP contribution in [-0.2, 0) is 0 Å². The van der Waals surface area contributed by atoms with Crippen molar-refractivity contribution in [3.8, 4) is 0 Å². The van der Waals surface area contributed by atoms with Gasteiger partial charge in [0, 0.05) is 37.9 Å². The summed E-state index contributed by atoms with van der Waals surface area (Å²) in [7, 11) is 0. The first-order valence-electron chi connectivity index (χ1n) is 6.33. The third-order valence-corrected chi connectivity index (χ3v) is 2.74. The molecule has 1 aromatic carbocycles. The van der Waals surface area contributed by atoms with E-state index in [4.69, 9.17) is 15.9 Å². The topological polar surface area (TPSA) is 125 Å². The molecule has 0 heterocycles. The molecule has 8 heteroatoms. The molecule has 0 unspecified atom stereocenters. The molecule has 0 aromatic heterocycles. The number of hydrogen-bond donors (Lipinski definition) is 4. The molecule has 5 N–H and O–H groups in total. The molecule has 8 nitrogen and oxygen atoms in total. The van der Waals surface area contributed by atoms with Crippen molar-refractivity contribution >= 4 is 17.1 Å². The number of anilines is 2. The van der Waals surface area contributed by atoms with Crippen molar-refractivity contribution in [1.29, 1.82) is 0 Å². The summed E-state index contributed by atoms with van der Waals surface area (Å²) in [6, 6.07) is 4.73. The minimum atomic E-state index is -0.474. The van der Waals surface area contributed by atoms with Gasteiger partial charge in [-0.15, -0.1) is 0 Å². The largest absolute Gasteiger partial charge is 0.395 e. The van der Waals surface area contributed by atoms with Crippen LogP contribution in [0.15, 0.2) is 18.2 Å². The standard InChI is InChI=1S/C12H20N4O4/c13-3-4-14-11-2-1-10(9-12(11)16(19)20)15(5-7-17)6-8-18/h1-2,9,14,17-18H,3-8,13H2. The van der Waals surface area contributed by atoms with Crippen molar-refractivity contribution < 1.29 is 15.1 Å². The van der Waals surface area contributed by atoms with E-state index in [1.165, 1.54) is 6.07 Å². The van der Waals surface area contributed by atoms with Gasteiger partial charge >= 0.3 is 0 Å². The van der Waals surface area contributed by atoms with E-state index in [2.05, 4.69) is 5.32 Å². The fourth-order valence-corrected chi connectivity index (χ4v) is 1.84. The third-order valence-electron chi connectivity index (χ3n) is 2.74. The van der Waals surface area contributed by atoms with Crippen molar-refractivity contribution in [3.05, 3.63) is 28.3 Å². The zero-order valence-corrected chi connectivity index (χ0v) is 11.2. The molecule has 0 bridgehead atoms.